The van der Waals surface area contributed by atoms with Crippen molar-refractivity contribution in [3.05, 3.63) is 27.7 Å². The molecule has 1 aromatic heterocycles. The highest BCUT2D eigenvalue weighted by molar-refractivity contribution is 9.10. The highest BCUT2D eigenvalue weighted by Gasteiger charge is 2.19. The number of pyridine rings is 1. The summed E-state index contributed by atoms with van der Waals surface area (Å²) in [6.07, 6.45) is -1.80. The van der Waals surface area contributed by atoms with Gasteiger partial charge in [-0.05, 0) is 15.9 Å². The summed E-state index contributed by atoms with van der Waals surface area (Å²) in [5, 5.41) is 0. The molecule has 0 aromatic carbocycles. The van der Waals surface area contributed by atoms with Crippen molar-refractivity contribution in [3.63, 3.8) is 0 Å². The molecule has 0 spiro atoms. The Morgan fingerprint density at radius 1 is 1.54 bits per heavy atom. The Balaban J connectivity index is 3.27. The molecule has 72 valence electrons. The van der Waals surface area contributed by atoms with Gasteiger partial charge in [0.25, 0.3) is 6.43 Å². The second kappa shape index (κ2) is 4.06. The van der Waals surface area contributed by atoms with Crippen molar-refractivity contribution < 1.29 is 13.2 Å². The molecule has 0 aliphatic heterocycles. The molecular weight excluding hydrogens is 249 g/mol. The number of nitrogens with two attached hydrogens (primary N) is 1. The summed E-state index contributed by atoms with van der Waals surface area (Å²) in [5.41, 5.74) is 4.34. The van der Waals surface area contributed by atoms with E-state index in [4.69, 9.17) is 5.73 Å². The molecule has 2 nitrogen and oxygen atoms in total. The zero-order chi connectivity index (χ0) is 10.0. The maximum atomic E-state index is 13.1. The molecule has 0 saturated heterocycles. The minimum Gasteiger partial charge on any atom is -0.326 e. The van der Waals surface area contributed by atoms with Crippen LogP contribution < -0.4 is 5.73 Å². The molecule has 13 heavy (non-hydrogen) atoms. The van der Waals surface area contributed by atoms with Gasteiger partial charge in [0.15, 0.2) is 5.82 Å². The van der Waals surface area contributed by atoms with Gasteiger partial charge >= 0.3 is 0 Å². The summed E-state index contributed by atoms with van der Waals surface area (Å²) < 4.78 is 37.7. The van der Waals surface area contributed by atoms with E-state index in [0.717, 1.165) is 6.20 Å². The molecule has 0 bridgehead atoms. The number of halogens is 4. The molecule has 0 radical (unpaired) electrons. The SMILES string of the molecule is NCc1c(Br)cnc(C(F)F)c1F. The fraction of sp³-hybridized carbons (Fsp3) is 0.286. The van der Waals surface area contributed by atoms with E-state index in [0.29, 0.717) is 4.47 Å². The quantitative estimate of drug-likeness (QED) is 0.881. The van der Waals surface area contributed by atoms with Crippen molar-refractivity contribution in [2.24, 2.45) is 5.73 Å². The number of aromatic nitrogens is 1. The van der Waals surface area contributed by atoms with Crippen LogP contribution >= 0.6 is 15.9 Å². The lowest BCUT2D eigenvalue weighted by molar-refractivity contribution is 0.140. The zero-order valence-electron chi connectivity index (χ0n) is 6.40. The topological polar surface area (TPSA) is 38.9 Å². The molecule has 0 saturated carbocycles. The number of hydrogen-bond donors (Lipinski definition) is 1. The van der Waals surface area contributed by atoms with E-state index in [-0.39, 0.29) is 12.1 Å². The van der Waals surface area contributed by atoms with Crippen LogP contribution in [0.1, 0.15) is 17.7 Å². The first-order chi connectivity index (χ1) is 6.07. The van der Waals surface area contributed by atoms with Crippen LogP contribution in [0.4, 0.5) is 13.2 Å². The van der Waals surface area contributed by atoms with Crippen LogP contribution in [0.25, 0.3) is 0 Å². The van der Waals surface area contributed by atoms with E-state index in [1.807, 2.05) is 0 Å². The molecule has 0 fully saturated rings. The minimum atomic E-state index is -2.92. The van der Waals surface area contributed by atoms with Gasteiger partial charge in [-0.1, -0.05) is 0 Å². The Kier molecular flexibility index (Phi) is 3.27. The lowest BCUT2D eigenvalue weighted by Gasteiger charge is -2.06. The third-order valence-electron chi connectivity index (χ3n) is 1.51. The standard InChI is InChI=1S/C7H6BrF3N2/c8-4-2-13-6(7(10)11)5(9)3(4)1-12/h2,7H,1,12H2. The van der Waals surface area contributed by atoms with E-state index < -0.39 is 17.9 Å². The Morgan fingerprint density at radius 2 is 2.15 bits per heavy atom. The lowest BCUT2D eigenvalue weighted by atomic mass is 10.2. The first-order valence-corrected chi connectivity index (χ1v) is 4.18. The lowest BCUT2D eigenvalue weighted by Crippen LogP contribution is -2.06. The van der Waals surface area contributed by atoms with Gasteiger partial charge in [-0.15, -0.1) is 0 Å². The molecule has 0 aliphatic carbocycles. The second-order valence-corrected chi connectivity index (χ2v) is 3.14. The van der Waals surface area contributed by atoms with E-state index in [1.54, 1.807) is 0 Å². The fourth-order valence-corrected chi connectivity index (χ4v) is 1.30. The van der Waals surface area contributed by atoms with Gasteiger partial charge < -0.3 is 5.73 Å². The van der Waals surface area contributed by atoms with Crippen molar-refractivity contribution in [2.75, 3.05) is 0 Å². The van der Waals surface area contributed by atoms with E-state index >= 15 is 0 Å². The maximum Gasteiger partial charge on any atom is 0.283 e. The van der Waals surface area contributed by atoms with Gasteiger partial charge in [-0.25, -0.2) is 13.2 Å². The number of hydrogen-bond acceptors (Lipinski definition) is 2. The van der Waals surface area contributed by atoms with Crippen molar-refractivity contribution in [2.45, 2.75) is 13.0 Å². The van der Waals surface area contributed by atoms with Crippen molar-refractivity contribution >= 4 is 15.9 Å². The monoisotopic (exact) mass is 254 g/mol. The summed E-state index contributed by atoms with van der Waals surface area (Å²) in [5.74, 6) is -1.04. The van der Waals surface area contributed by atoms with Crippen molar-refractivity contribution in [1.82, 2.24) is 4.98 Å². The predicted molar refractivity (Wildman–Crippen MR) is 44.7 cm³/mol. The van der Waals surface area contributed by atoms with Crippen LogP contribution in [-0.4, -0.2) is 4.98 Å². The second-order valence-electron chi connectivity index (χ2n) is 2.29. The first kappa shape index (κ1) is 10.5. The number of alkyl halides is 2. The number of rotatable bonds is 2. The smallest absolute Gasteiger partial charge is 0.283 e. The predicted octanol–water partition coefficient (Wildman–Crippen LogP) is 2.38. The molecular formula is C7H6BrF3N2. The molecule has 1 rings (SSSR count). The fourth-order valence-electron chi connectivity index (χ4n) is 0.859. The van der Waals surface area contributed by atoms with Gasteiger partial charge in [0.05, 0.1) is 0 Å². The van der Waals surface area contributed by atoms with E-state index in [2.05, 4.69) is 20.9 Å². The van der Waals surface area contributed by atoms with Crippen LogP contribution in [0.3, 0.4) is 0 Å². The van der Waals surface area contributed by atoms with Crippen molar-refractivity contribution in [1.29, 1.82) is 0 Å². The maximum absolute atomic E-state index is 13.1. The summed E-state index contributed by atoms with van der Waals surface area (Å²) in [6, 6.07) is 0. The minimum absolute atomic E-state index is 0.0188. The van der Waals surface area contributed by atoms with Crippen LogP contribution in [0, 0.1) is 5.82 Å². The normalized spacial score (nSPS) is 10.9. The Hall–Kier alpha value is -0.620. The molecule has 0 amide bonds. The van der Waals surface area contributed by atoms with Crippen LogP contribution in [0.2, 0.25) is 0 Å². The Labute approximate surface area is 81.1 Å². The number of nitrogens with zero attached hydrogens (tertiary/aromatic N) is 1. The summed E-state index contributed by atoms with van der Waals surface area (Å²) in [7, 11) is 0. The van der Waals surface area contributed by atoms with Crippen LogP contribution in [-0.2, 0) is 6.54 Å². The average molecular weight is 255 g/mol. The van der Waals surface area contributed by atoms with E-state index in [9.17, 15) is 13.2 Å². The molecule has 2 N–H and O–H groups in total. The van der Waals surface area contributed by atoms with E-state index in [1.165, 1.54) is 0 Å². The van der Waals surface area contributed by atoms with Gasteiger partial charge in [0.1, 0.15) is 5.69 Å². The largest absolute Gasteiger partial charge is 0.326 e. The molecule has 1 heterocycles. The average Bonchev–Trinajstić information content (AvgIpc) is 2.04. The van der Waals surface area contributed by atoms with Gasteiger partial charge in [-0.3, -0.25) is 4.98 Å². The Morgan fingerprint density at radius 3 is 2.62 bits per heavy atom. The molecule has 1 aromatic rings. The molecule has 0 atom stereocenters. The molecule has 0 unspecified atom stereocenters. The zero-order valence-corrected chi connectivity index (χ0v) is 7.98. The Bertz CT molecular complexity index is 317. The molecule has 6 heteroatoms. The van der Waals surface area contributed by atoms with Crippen LogP contribution in [0.5, 0.6) is 0 Å². The third-order valence-corrected chi connectivity index (χ3v) is 2.19. The van der Waals surface area contributed by atoms with Crippen molar-refractivity contribution in [3.8, 4) is 0 Å². The van der Waals surface area contributed by atoms with Gasteiger partial charge in [0.2, 0.25) is 0 Å². The molecule has 0 aliphatic rings. The third kappa shape index (κ3) is 2.00. The summed E-state index contributed by atoms with van der Waals surface area (Å²) in [6.45, 7) is -0.144. The highest BCUT2D eigenvalue weighted by Crippen LogP contribution is 2.26. The summed E-state index contributed by atoms with van der Waals surface area (Å²) in [4.78, 5) is 3.26. The summed E-state index contributed by atoms with van der Waals surface area (Å²) >= 11 is 2.96. The van der Waals surface area contributed by atoms with Crippen LogP contribution in [0.15, 0.2) is 10.7 Å². The van der Waals surface area contributed by atoms with Gasteiger partial charge in [0, 0.05) is 22.8 Å². The first-order valence-electron chi connectivity index (χ1n) is 3.39. The highest BCUT2D eigenvalue weighted by atomic mass is 79.9. The van der Waals surface area contributed by atoms with Gasteiger partial charge in [-0.2, -0.15) is 0 Å².